The van der Waals surface area contributed by atoms with Gasteiger partial charge in [0.15, 0.2) is 17.3 Å². The van der Waals surface area contributed by atoms with Gasteiger partial charge >= 0.3 is 0 Å². The summed E-state index contributed by atoms with van der Waals surface area (Å²) < 4.78 is 11.7. The van der Waals surface area contributed by atoms with E-state index in [1.54, 1.807) is 4.90 Å². The lowest BCUT2D eigenvalue weighted by Gasteiger charge is -2.30. The number of amides is 1. The monoisotopic (exact) mass is 489 g/mol. The minimum absolute atomic E-state index is 0.138. The van der Waals surface area contributed by atoms with Crippen molar-refractivity contribution in [1.82, 2.24) is 19.8 Å². The molecule has 0 radical (unpaired) electrons. The van der Waals surface area contributed by atoms with Gasteiger partial charge in [0.05, 0.1) is 12.1 Å². The summed E-state index contributed by atoms with van der Waals surface area (Å²) in [5.74, 6) is 2.48. The zero-order valence-electron chi connectivity index (χ0n) is 21.5. The van der Waals surface area contributed by atoms with Gasteiger partial charge in [0, 0.05) is 37.8 Å². The van der Waals surface area contributed by atoms with Gasteiger partial charge in [-0.25, -0.2) is 9.97 Å². The molecule has 0 bridgehead atoms. The number of para-hydroxylation sites is 3. The number of allylic oxidation sites excluding steroid dienone is 2. The molecule has 1 unspecified atom stereocenters. The van der Waals surface area contributed by atoms with Crippen molar-refractivity contribution >= 4 is 22.6 Å². The molecule has 3 aromatic rings. The van der Waals surface area contributed by atoms with E-state index in [0.29, 0.717) is 30.4 Å². The van der Waals surface area contributed by atoms with Crippen LogP contribution in [0.2, 0.25) is 0 Å². The molecule has 2 aromatic carbocycles. The summed E-state index contributed by atoms with van der Waals surface area (Å²) in [4.78, 5) is 26.8. The third-order valence-corrected chi connectivity index (χ3v) is 6.44. The number of nitrogens with one attached hydrogen (secondary N) is 1. The Morgan fingerprint density at radius 2 is 1.89 bits per heavy atom. The minimum atomic E-state index is -0.699. The van der Waals surface area contributed by atoms with E-state index in [2.05, 4.69) is 37.2 Å². The Hall–Kier alpha value is -3.81. The van der Waals surface area contributed by atoms with E-state index in [0.717, 1.165) is 36.2 Å². The van der Waals surface area contributed by atoms with Gasteiger partial charge < -0.3 is 24.6 Å². The number of aromatic nitrogens is 2. The molecular formula is C28H35N5O3. The van der Waals surface area contributed by atoms with Crippen LogP contribution in [0.15, 0.2) is 60.3 Å². The summed E-state index contributed by atoms with van der Waals surface area (Å²) in [5, 5.41) is 4.46. The Labute approximate surface area is 212 Å². The van der Waals surface area contributed by atoms with Gasteiger partial charge in [0.1, 0.15) is 12.4 Å². The summed E-state index contributed by atoms with van der Waals surface area (Å²) in [6.07, 6.45) is 2.38. The molecule has 0 aliphatic carbocycles. The van der Waals surface area contributed by atoms with Crippen molar-refractivity contribution in [3.8, 4) is 11.5 Å². The standard InChI is InChI=1S/C28H35N5O3/c1-5-20(3)32(4)17-11-16-29-27-21-12-7-8-13-22(21)30-26(31-27)18-33(6-2)28(34)25-19-35-23-14-9-10-15-24(23)36-25/h5,7-10,12-15,25H,6,11,16-19H2,1-4H3,(H,29,30,31)/b20-5+. The Morgan fingerprint density at radius 3 is 2.67 bits per heavy atom. The molecule has 1 N–H and O–H groups in total. The molecular weight excluding hydrogens is 454 g/mol. The molecule has 1 aliphatic heterocycles. The second-order valence-corrected chi connectivity index (χ2v) is 8.85. The van der Waals surface area contributed by atoms with E-state index in [9.17, 15) is 4.79 Å². The van der Waals surface area contributed by atoms with E-state index < -0.39 is 6.10 Å². The Bertz CT molecular complexity index is 1230. The molecule has 8 nitrogen and oxygen atoms in total. The van der Waals surface area contributed by atoms with Crippen LogP contribution < -0.4 is 14.8 Å². The number of nitrogens with zero attached hydrogens (tertiary/aromatic N) is 4. The van der Waals surface area contributed by atoms with Crippen LogP contribution in [0.3, 0.4) is 0 Å². The van der Waals surface area contributed by atoms with Crippen molar-refractivity contribution in [3.63, 3.8) is 0 Å². The lowest BCUT2D eigenvalue weighted by molar-refractivity contribution is -0.141. The topological polar surface area (TPSA) is 79.8 Å². The average molecular weight is 490 g/mol. The van der Waals surface area contributed by atoms with Crippen LogP contribution in [0.5, 0.6) is 11.5 Å². The number of rotatable bonds is 10. The fourth-order valence-electron chi connectivity index (χ4n) is 4.11. The van der Waals surface area contributed by atoms with Gasteiger partial charge in [-0.3, -0.25) is 4.79 Å². The molecule has 2 heterocycles. The Kier molecular flexibility index (Phi) is 8.25. The Balaban J connectivity index is 1.46. The molecule has 1 aromatic heterocycles. The van der Waals surface area contributed by atoms with Gasteiger partial charge in [0.2, 0.25) is 6.10 Å². The zero-order chi connectivity index (χ0) is 25.5. The molecule has 1 amide bonds. The van der Waals surface area contributed by atoms with Gasteiger partial charge in [0.25, 0.3) is 5.91 Å². The summed E-state index contributed by atoms with van der Waals surface area (Å²) in [6.45, 7) is 8.82. The van der Waals surface area contributed by atoms with Crippen LogP contribution in [0.25, 0.3) is 10.9 Å². The van der Waals surface area contributed by atoms with Crippen LogP contribution in [0.4, 0.5) is 5.82 Å². The molecule has 1 aliphatic rings. The summed E-state index contributed by atoms with van der Waals surface area (Å²) in [6, 6.07) is 15.3. The fourth-order valence-corrected chi connectivity index (χ4v) is 4.11. The predicted octanol–water partition coefficient (Wildman–Crippen LogP) is 4.48. The lowest BCUT2D eigenvalue weighted by Crippen LogP contribution is -2.46. The van der Waals surface area contributed by atoms with Gasteiger partial charge in [-0.15, -0.1) is 0 Å². The van der Waals surface area contributed by atoms with Crippen molar-refractivity contribution in [1.29, 1.82) is 0 Å². The third-order valence-electron chi connectivity index (χ3n) is 6.44. The summed E-state index contributed by atoms with van der Waals surface area (Å²) in [7, 11) is 2.10. The number of anilines is 1. The zero-order valence-corrected chi connectivity index (χ0v) is 21.5. The van der Waals surface area contributed by atoms with E-state index in [4.69, 9.17) is 19.4 Å². The van der Waals surface area contributed by atoms with Gasteiger partial charge in [-0.2, -0.15) is 0 Å². The smallest absolute Gasteiger partial charge is 0.267 e. The van der Waals surface area contributed by atoms with E-state index in [-0.39, 0.29) is 12.5 Å². The highest BCUT2D eigenvalue weighted by Crippen LogP contribution is 2.31. The van der Waals surface area contributed by atoms with Crippen LogP contribution in [-0.2, 0) is 11.3 Å². The van der Waals surface area contributed by atoms with Crippen molar-refractivity contribution in [2.24, 2.45) is 0 Å². The highest BCUT2D eigenvalue weighted by molar-refractivity contribution is 5.89. The molecule has 8 heteroatoms. The predicted molar refractivity (Wildman–Crippen MR) is 142 cm³/mol. The van der Waals surface area contributed by atoms with Gasteiger partial charge in [-0.1, -0.05) is 30.3 Å². The minimum Gasteiger partial charge on any atom is -0.485 e. The highest BCUT2D eigenvalue weighted by atomic mass is 16.6. The molecule has 4 rings (SSSR count). The summed E-state index contributed by atoms with van der Waals surface area (Å²) >= 11 is 0. The van der Waals surface area contributed by atoms with Gasteiger partial charge in [-0.05, 0) is 51.5 Å². The van der Waals surface area contributed by atoms with Crippen molar-refractivity contribution in [2.75, 3.05) is 38.6 Å². The number of carbonyl (C=O) groups excluding carboxylic acids is 1. The lowest BCUT2D eigenvalue weighted by atomic mass is 10.2. The first-order chi connectivity index (χ1) is 17.5. The van der Waals surface area contributed by atoms with Crippen molar-refractivity contribution < 1.29 is 14.3 Å². The molecule has 0 saturated carbocycles. The summed E-state index contributed by atoms with van der Waals surface area (Å²) in [5.41, 5.74) is 2.10. The van der Waals surface area contributed by atoms with Crippen LogP contribution in [0, 0.1) is 0 Å². The molecule has 0 fully saturated rings. The first-order valence-corrected chi connectivity index (χ1v) is 12.5. The maximum absolute atomic E-state index is 13.3. The molecule has 190 valence electrons. The molecule has 0 spiro atoms. The Morgan fingerprint density at radius 1 is 1.14 bits per heavy atom. The van der Waals surface area contributed by atoms with Crippen LogP contribution in [0.1, 0.15) is 33.0 Å². The van der Waals surface area contributed by atoms with E-state index in [1.165, 1.54) is 5.70 Å². The molecule has 0 saturated heterocycles. The second kappa shape index (κ2) is 11.7. The van der Waals surface area contributed by atoms with Crippen molar-refractivity contribution in [2.45, 2.75) is 39.8 Å². The van der Waals surface area contributed by atoms with Crippen LogP contribution in [-0.4, -0.2) is 65.1 Å². The number of carbonyl (C=O) groups is 1. The first-order valence-electron chi connectivity index (χ1n) is 12.5. The third kappa shape index (κ3) is 5.87. The van der Waals surface area contributed by atoms with E-state index >= 15 is 0 Å². The number of hydrogen-bond acceptors (Lipinski definition) is 7. The van der Waals surface area contributed by atoms with Crippen molar-refractivity contribution in [3.05, 3.63) is 66.1 Å². The quantitative estimate of drug-likeness (QED) is 0.421. The number of fused-ring (bicyclic) bond motifs is 2. The normalized spacial score (nSPS) is 15.0. The fraction of sp³-hybridized carbons (Fsp3) is 0.393. The number of benzene rings is 2. The van der Waals surface area contributed by atoms with E-state index in [1.807, 2.05) is 55.5 Å². The highest BCUT2D eigenvalue weighted by Gasteiger charge is 2.31. The maximum Gasteiger partial charge on any atom is 0.267 e. The number of hydrogen-bond donors (Lipinski definition) is 1. The SMILES string of the molecule is C/C=C(\C)N(C)CCCNc1nc(CN(CC)C(=O)C2COc3ccccc3O2)nc2ccccc12. The molecule has 36 heavy (non-hydrogen) atoms. The number of likely N-dealkylation sites (N-methyl/N-ethyl adjacent to an activating group) is 1. The molecule has 1 atom stereocenters. The average Bonchev–Trinajstić information content (AvgIpc) is 2.92. The second-order valence-electron chi connectivity index (χ2n) is 8.85. The largest absolute Gasteiger partial charge is 0.485 e. The number of ether oxygens (including phenoxy) is 2. The first kappa shape index (κ1) is 25.3. The maximum atomic E-state index is 13.3. The van der Waals surface area contributed by atoms with Crippen LogP contribution >= 0.6 is 0 Å².